The summed E-state index contributed by atoms with van der Waals surface area (Å²) in [6.07, 6.45) is 0.864. The van der Waals surface area contributed by atoms with Crippen molar-refractivity contribution in [2.45, 2.75) is 26.3 Å². The number of carbonyl (C=O) groups excluding carboxylic acids is 1. The maximum atomic E-state index is 12.5. The Morgan fingerprint density at radius 1 is 1.44 bits per heavy atom. The van der Waals surface area contributed by atoms with Gasteiger partial charge in [0, 0.05) is 23.6 Å². The van der Waals surface area contributed by atoms with Crippen LogP contribution in [0.1, 0.15) is 30.6 Å². The maximum Gasteiger partial charge on any atom is 0.255 e. The molecule has 1 unspecified atom stereocenters. The van der Waals surface area contributed by atoms with E-state index < -0.39 is 0 Å². The smallest absolute Gasteiger partial charge is 0.255 e. The van der Waals surface area contributed by atoms with Crippen LogP contribution in [0.25, 0.3) is 0 Å². The van der Waals surface area contributed by atoms with Gasteiger partial charge in [0.2, 0.25) is 0 Å². The summed E-state index contributed by atoms with van der Waals surface area (Å²) in [6.45, 7) is 5.70. The van der Waals surface area contributed by atoms with Gasteiger partial charge in [0.05, 0.1) is 5.56 Å². The van der Waals surface area contributed by atoms with Gasteiger partial charge in [-0.1, -0.05) is 26.0 Å². The average Bonchev–Trinajstić information content (AvgIpc) is 2.32. The molecule has 0 aromatic heterocycles. The second kappa shape index (κ2) is 5.02. The zero-order valence-corrected chi connectivity index (χ0v) is 12.4. The van der Waals surface area contributed by atoms with Crippen molar-refractivity contribution >= 4 is 21.8 Å². The molecule has 3 nitrogen and oxygen atoms in total. The molecule has 1 aliphatic heterocycles. The minimum atomic E-state index is -0.0187. The van der Waals surface area contributed by atoms with Crippen molar-refractivity contribution in [2.24, 2.45) is 11.1 Å². The van der Waals surface area contributed by atoms with E-state index in [-0.39, 0.29) is 17.4 Å². The number of nitrogens with two attached hydrogens (primary N) is 1. The van der Waals surface area contributed by atoms with Crippen LogP contribution in [0.5, 0.6) is 0 Å². The van der Waals surface area contributed by atoms with Gasteiger partial charge in [-0.2, -0.15) is 0 Å². The number of hydrogen-bond donors (Lipinski definition) is 1. The Balaban J connectivity index is 2.18. The third-order valence-electron chi connectivity index (χ3n) is 3.70. The fourth-order valence-corrected chi connectivity index (χ4v) is 2.81. The van der Waals surface area contributed by atoms with E-state index in [0.717, 1.165) is 23.0 Å². The molecule has 1 aromatic carbocycles. The lowest BCUT2D eigenvalue weighted by atomic mass is 9.79. The predicted molar refractivity (Wildman–Crippen MR) is 76.4 cm³/mol. The second-order valence-corrected chi connectivity index (χ2v) is 6.44. The predicted octanol–water partition coefficient (Wildman–Crippen LogP) is 2.65. The lowest BCUT2D eigenvalue weighted by molar-refractivity contribution is 0.0532. The number of hydrogen-bond acceptors (Lipinski definition) is 2. The number of amides is 1. The van der Waals surface area contributed by atoms with E-state index in [1.54, 1.807) is 0 Å². The van der Waals surface area contributed by atoms with Crippen molar-refractivity contribution in [2.75, 3.05) is 13.1 Å². The van der Waals surface area contributed by atoms with Crippen molar-refractivity contribution < 1.29 is 4.79 Å². The van der Waals surface area contributed by atoms with Crippen LogP contribution >= 0.6 is 15.9 Å². The molecule has 2 N–H and O–H groups in total. The molecule has 18 heavy (non-hydrogen) atoms. The number of likely N-dealkylation sites (tertiary alicyclic amines) is 1. The molecule has 1 atom stereocenters. The third kappa shape index (κ3) is 2.59. The highest BCUT2D eigenvalue weighted by atomic mass is 79.9. The molecule has 0 radical (unpaired) electrons. The second-order valence-electron chi connectivity index (χ2n) is 5.59. The standard InChI is InChI=1S/C14H19BrN2O/c1-14(2)9-17(8-7-12(14)16)13(18)10-5-3-4-6-11(10)15/h3-6,12H,7-9,16H2,1-2H3. The highest BCUT2D eigenvalue weighted by Crippen LogP contribution is 2.29. The fraction of sp³-hybridized carbons (Fsp3) is 0.500. The summed E-state index contributed by atoms with van der Waals surface area (Å²) in [5, 5.41) is 0. The zero-order valence-electron chi connectivity index (χ0n) is 10.8. The van der Waals surface area contributed by atoms with E-state index >= 15 is 0 Å². The third-order valence-corrected chi connectivity index (χ3v) is 4.40. The van der Waals surface area contributed by atoms with Crippen LogP contribution in [-0.4, -0.2) is 29.9 Å². The molecule has 1 heterocycles. The molecule has 1 aromatic rings. The quantitative estimate of drug-likeness (QED) is 0.867. The van der Waals surface area contributed by atoms with Crippen LogP contribution in [0, 0.1) is 5.41 Å². The summed E-state index contributed by atoms with van der Waals surface area (Å²) in [5.74, 6) is 0.0856. The van der Waals surface area contributed by atoms with Gasteiger partial charge < -0.3 is 10.6 Å². The first-order valence-electron chi connectivity index (χ1n) is 6.21. The highest BCUT2D eigenvalue weighted by Gasteiger charge is 2.35. The van der Waals surface area contributed by atoms with Gasteiger partial charge >= 0.3 is 0 Å². The number of nitrogens with zero attached hydrogens (tertiary/aromatic N) is 1. The van der Waals surface area contributed by atoms with E-state index in [4.69, 9.17) is 5.73 Å². The molecular formula is C14H19BrN2O. The summed E-state index contributed by atoms with van der Waals surface area (Å²) >= 11 is 3.43. The van der Waals surface area contributed by atoms with E-state index in [1.165, 1.54) is 0 Å². The van der Waals surface area contributed by atoms with Gasteiger partial charge in [-0.15, -0.1) is 0 Å². The van der Waals surface area contributed by atoms with Crippen LogP contribution in [-0.2, 0) is 0 Å². The van der Waals surface area contributed by atoms with E-state index in [0.29, 0.717) is 6.54 Å². The van der Waals surface area contributed by atoms with Gasteiger partial charge in [-0.05, 0) is 39.9 Å². The summed E-state index contributed by atoms with van der Waals surface area (Å²) in [7, 11) is 0. The van der Waals surface area contributed by atoms with Crippen LogP contribution in [0.3, 0.4) is 0 Å². The van der Waals surface area contributed by atoms with Crippen molar-refractivity contribution in [1.82, 2.24) is 4.90 Å². The molecule has 0 aliphatic carbocycles. The maximum absolute atomic E-state index is 12.5. The monoisotopic (exact) mass is 310 g/mol. The van der Waals surface area contributed by atoms with Gasteiger partial charge in [0.1, 0.15) is 0 Å². The van der Waals surface area contributed by atoms with Crippen molar-refractivity contribution in [3.05, 3.63) is 34.3 Å². The molecule has 0 bridgehead atoms. The topological polar surface area (TPSA) is 46.3 Å². The molecule has 98 valence electrons. The first-order chi connectivity index (χ1) is 8.42. The Hall–Kier alpha value is -0.870. The van der Waals surface area contributed by atoms with Crippen LogP contribution in [0.15, 0.2) is 28.7 Å². The average molecular weight is 311 g/mol. The molecule has 2 rings (SSSR count). The van der Waals surface area contributed by atoms with E-state index in [9.17, 15) is 4.79 Å². The number of benzene rings is 1. The minimum Gasteiger partial charge on any atom is -0.338 e. The largest absolute Gasteiger partial charge is 0.338 e. The highest BCUT2D eigenvalue weighted by molar-refractivity contribution is 9.10. The lowest BCUT2D eigenvalue weighted by Gasteiger charge is -2.42. The molecule has 1 fully saturated rings. The first kappa shape index (κ1) is 13.6. The zero-order chi connectivity index (χ0) is 13.3. The van der Waals surface area contributed by atoms with Crippen molar-refractivity contribution in [3.8, 4) is 0 Å². The summed E-state index contributed by atoms with van der Waals surface area (Å²) in [6, 6.07) is 7.72. The summed E-state index contributed by atoms with van der Waals surface area (Å²) in [4.78, 5) is 14.4. The molecule has 0 spiro atoms. The normalized spacial score (nSPS) is 22.9. The Morgan fingerprint density at radius 3 is 2.72 bits per heavy atom. The van der Waals surface area contributed by atoms with Gasteiger partial charge in [-0.25, -0.2) is 0 Å². The molecule has 4 heteroatoms. The number of carbonyl (C=O) groups is 1. The minimum absolute atomic E-state index is 0.0187. The number of rotatable bonds is 1. The van der Waals surface area contributed by atoms with Crippen LogP contribution in [0.4, 0.5) is 0 Å². The Kier molecular flexibility index (Phi) is 3.78. The fourth-order valence-electron chi connectivity index (χ4n) is 2.35. The van der Waals surface area contributed by atoms with Gasteiger partial charge in [0.25, 0.3) is 5.91 Å². The van der Waals surface area contributed by atoms with Crippen LogP contribution in [0.2, 0.25) is 0 Å². The number of piperidine rings is 1. The van der Waals surface area contributed by atoms with Crippen molar-refractivity contribution in [3.63, 3.8) is 0 Å². The lowest BCUT2D eigenvalue weighted by Crippen LogP contribution is -2.54. The Bertz CT molecular complexity index is 459. The van der Waals surface area contributed by atoms with Crippen molar-refractivity contribution in [1.29, 1.82) is 0 Å². The van der Waals surface area contributed by atoms with Crippen LogP contribution < -0.4 is 5.73 Å². The molecule has 1 saturated heterocycles. The first-order valence-corrected chi connectivity index (χ1v) is 7.00. The summed E-state index contributed by atoms with van der Waals surface area (Å²) in [5.41, 5.74) is 6.80. The van der Waals surface area contributed by atoms with E-state index in [1.807, 2.05) is 29.2 Å². The molecule has 1 aliphatic rings. The van der Waals surface area contributed by atoms with Gasteiger partial charge in [-0.3, -0.25) is 4.79 Å². The molecule has 1 amide bonds. The number of halogens is 1. The molecular weight excluding hydrogens is 292 g/mol. The van der Waals surface area contributed by atoms with Gasteiger partial charge in [0.15, 0.2) is 0 Å². The SMILES string of the molecule is CC1(C)CN(C(=O)c2ccccc2Br)CCC1N. The summed E-state index contributed by atoms with van der Waals surface area (Å²) < 4.78 is 0.850. The molecule has 0 saturated carbocycles. The Morgan fingerprint density at radius 2 is 2.11 bits per heavy atom. The Labute approximate surface area is 116 Å². The van der Waals surface area contributed by atoms with E-state index in [2.05, 4.69) is 29.8 Å².